The van der Waals surface area contributed by atoms with Crippen molar-refractivity contribution in [3.8, 4) is 0 Å². The van der Waals surface area contributed by atoms with Gasteiger partial charge in [-0.15, -0.1) is 0 Å². The van der Waals surface area contributed by atoms with Gasteiger partial charge in [0.05, 0.1) is 48.5 Å². The third kappa shape index (κ3) is 3.09. The smallest absolute Gasteiger partial charge is 0.227 e. The summed E-state index contributed by atoms with van der Waals surface area (Å²) >= 11 is 0. The maximum absolute atomic E-state index is 12.7. The predicted octanol–water partition coefficient (Wildman–Crippen LogP) is 0.678. The first-order chi connectivity index (χ1) is 12.5. The number of hydrogen-bond donors (Lipinski definition) is 3. The van der Waals surface area contributed by atoms with Crippen LogP contribution in [0.5, 0.6) is 0 Å². The highest BCUT2D eigenvalue weighted by atomic mass is 16.3. The van der Waals surface area contributed by atoms with Gasteiger partial charge < -0.3 is 20.1 Å². The summed E-state index contributed by atoms with van der Waals surface area (Å²) in [5, 5.41) is 23.1. The lowest BCUT2D eigenvalue weighted by Crippen LogP contribution is -2.39. The first-order valence-electron chi connectivity index (χ1n) is 8.62. The number of aliphatic hydroxyl groups excluding tert-OH is 2. The number of fused-ring (bicyclic) bond motifs is 2. The molecule has 0 saturated heterocycles. The van der Waals surface area contributed by atoms with Gasteiger partial charge in [-0.05, 0) is 30.7 Å². The zero-order chi connectivity index (χ0) is 18.3. The third-order valence-electron chi connectivity index (χ3n) is 4.70. The van der Waals surface area contributed by atoms with Crippen LogP contribution in [0.4, 0.5) is 0 Å². The summed E-state index contributed by atoms with van der Waals surface area (Å²) in [5.74, 6) is 0.908. The van der Waals surface area contributed by atoms with Crippen LogP contribution in [0, 0.1) is 6.92 Å². The topological polar surface area (TPSA) is 107 Å². The monoisotopic (exact) mass is 355 g/mol. The van der Waals surface area contributed by atoms with E-state index in [1.807, 2.05) is 25.1 Å². The van der Waals surface area contributed by atoms with E-state index >= 15 is 0 Å². The number of amides is 1. The minimum absolute atomic E-state index is 0.0530. The molecule has 0 aliphatic carbocycles. The number of nitrogens with one attached hydrogen (secondary N) is 1. The number of aromatic amines is 1. The Morgan fingerprint density at radius 3 is 3.00 bits per heavy atom. The van der Waals surface area contributed by atoms with Gasteiger partial charge in [-0.2, -0.15) is 5.10 Å². The normalized spacial score (nSPS) is 15.3. The molecule has 0 saturated carbocycles. The van der Waals surface area contributed by atoms with Gasteiger partial charge in [0.1, 0.15) is 11.9 Å². The summed E-state index contributed by atoms with van der Waals surface area (Å²) < 4.78 is 1.79. The van der Waals surface area contributed by atoms with E-state index in [-0.39, 0.29) is 12.5 Å². The molecule has 1 aromatic carbocycles. The van der Waals surface area contributed by atoms with E-state index in [0.717, 1.165) is 28.1 Å². The average Bonchev–Trinajstić information content (AvgIpc) is 3.22. The second kappa shape index (κ2) is 6.54. The number of benzene rings is 1. The molecule has 136 valence electrons. The molecule has 3 aromatic rings. The highest BCUT2D eigenvalue weighted by Gasteiger charge is 2.24. The van der Waals surface area contributed by atoms with Crippen molar-refractivity contribution in [2.24, 2.45) is 0 Å². The molecule has 26 heavy (non-hydrogen) atoms. The van der Waals surface area contributed by atoms with Crippen molar-refractivity contribution in [1.29, 1.82) is 0 Å². The Kier molecular flexibility index (Phi) is 4.21. The van der Waals surface area contributed by atoms with E-state index in [9.17, 15) is 9.90 Å². The Morgan fingerprint density at radius 1 is 1.35 bits per heavy atom. The van der Waals surface area contributed by atoms with Crippen LogP contribution in [-0.4, -0.2) is 53.9 Å². The van der Waals surface area contributed by atoms with E-state index in [1.54, 1.807) is 15.6 Å². The van der Waals surface area contributed by atoms with Gasteiger partial charge in [-0.1, -0.05) is 6.07 Å². The first kappa shape index (κ1) is 16.7. The van der Waals surface area contributed by atoms with Crippen LogP contribution in [-0.2, 0) is 24.3 Å². The molecule has 0 bridgehead atoms. The van der Waals surface area contributed by atoms with Crippen LogP contribution in [0.1, 0.15) is 28.9 Å². The van der Waals surface area contributed by atoms with E-state index in [0.29, 0.717) is 31.7 Å². The zero-order valence-electron chi connectivity index (χ0n) is 14.5. The van der Waals surface area contributed by atoms with Crippen molar-refractivity contribution < 1.29 is 15.0 Å². The molecule has 8 heteroatoms. The molecule has 0 spiro atoms. The third-order valence-corrected chi connectivity index (χ3v) is 4.70. The van der Waals surface area contributed by atoms with Crippen molar-refractivity contribution in [2.75, 3.05) is 13.2 Å². The maximum atomic E-state index is 12.7. The molecule has 1 unspecified atom stereocenters. The summed E-state index contributed by atoms with van der Waals surface area (Å²) in [5.41, 5.74) is 4.09. The molecule has 1 aliphatic heterocycles. The molecule has 0 fully saturated rings. The van der Waals surface area contributed by atoms with Crippen molar-refractivity contribution in [2.45, 2.75) is 32.5 Å². The highest BCUT2D eigenvalue weighted by molar-refractivity contribution is 5.82. The van der Waals surface area contributed by atoms with Crippen LogP contribution in [0.2, 0.25) is 0 Å². The number of aliphatic hydroxyl groups is 2. The Labute approximate surface area is 150 Å². The van der Waals surface area contributed by atoms with Crippen LogP contribution in [0.15, 0.2) is 24.3 Å². The molecule has 1 atom stereocenters. The molecule has 0 radical (unpaired) electrons. The number of carbonyl (C=O) groups is 1. The number of nitrogens with zero attached hydrogens (tertiary/aromatic N) is 4. The summed E-state index contributed by atoms with van der Waals surface area (Å²) in [4.78, 5) is 22.1. The lowest BCUT2D eigenvalue weighted by Gasteiger charge is -2.27. The Hall–Kier alpha value is -2.71. The van der Waals surface area contributed by atoms with Gasteiger partial charge in [0.2, 0.25) is 5.91 Å². The summed E-state index contributed by atoms with van der Waals surface area (Å²) in [6.45, 7) is 3.15. The maximum Gasteiger partial charge on any atom is 0.227 e. The molecule has 8 nitrogen and oxygen atoms in total. The largest absolute Gasteiger partial charge is 0.393 e. The summed E-state index contributed by atoms with van der Waals surface area (Å²) in [7, 11) is 0. The lowest BCUT2D eigenvalue weighted by molar-refractivity contribution is -0.132. The van der Waals surface area contributed by atoms with E-state index in [4.69, 9.17) is 5.11 Å². The molecular formula is C18H21N5O3. The quantitative estimate of drug-likeness (QED) is 0.638. The van der Waals surface area contributed by atoms with Gasteiger partial charge >= 0.3 is 0 Å². The molecule has 3 N–H and O–H groups in total. The van der Waals surface area contributed by atoms with E-state index in [1.165, 1.54) is 0 Å². The number of aromatic nitrogens is 4. The highest BCUT2D eigenvalue weighted by Crippen LogP contribution is 2.20. The van der Waals surface area contributed by atoms with Crippen LogP contribution in [0.25, 0.3) is 11.0 Å². The predicted molar refractivity (Wildman–Crippen MR) is 94.2 cm³/mol. The second-order valence-electron chi connectivity index (χ2n) is 6.65. The SMILES string of the molecule is Cc1nc2ccc(CC(=O)N3CCn4nc(C(O)CO)cc4C3)cc2[nH]1. The fourth-order valence-corrected chi connectivity index (χ4v) is 3.34. The number of rotatable bonds is 4. The molecular weight excluding hydrogens is 334 g/mol. The number of imidazole rings is 1. The summed E-state index contributed by atoms with van der Waals surface area (Å²) in [6.07, 6.45) is -0.657. The Balaban J connectivity index is 1.47. The van der Waals surface area contributed by atoms with Crippen molar-refractivity contribution in [3.05, 3.63) is 47.0 Å². The van der Waals surface area contributed by atoms with Crippen LogP contribution < -0.4 is 0 Å². The number of hydrogen-bond acceptors (Lipinski definition) is 5. The zero-order valence-corrected chi connectivity index (χ0v) is 14.5. The second-order valence-corrected chi connectivity index (χ2v) is 6.65. The molecule has 1 aliphatic rings. The van der Waals surface area contributed by atoms with Crippen molar-refractivity contribution in [1.82, 2.24) is 24.6 Å². The average molecular weight is 355 g/mol. The molecule has 2 aromatic heterocycles. The molecule has 3 heterocycles. The van der Waals surface area contributed by atoms with Crippen molar-refractivity contribution in [3.63, 3.8) is 0 Å². The number of H-pyrrole nitrogens is 1. The molecule has 1 amide bonds. The Bertz CT molecular complexity index is 961. The molecule has 4 rings (SSSR count). The van der Waals surface area contributed by atoms with Crippen molar-refractivity contribution >= 4 is 16.9 Å². The van der Waals surface area contributed by atoms with Gasteiger partial charge in [0, 0.05) is 6.54 Å². The first-order valence-corrected chi connectivity index (χ1v) is 8.62. The fraction of sp³-hybridized carbons (Fsp3) is 0.389. The summed E-state index contributed by atoms with van der Waals surface area (Å²) in [6, 6.07) is 7.58. The fourth-order valence-electron chi connectivity index (χ4n) is 3.34. The van der Waals surface area contributed by atoms with Gasteiger partial charge in [0.15, 0.2) is 0 Å². The lowest BCUT2D eigenvalue weighted by atomic mass is 10.1. The minimum atomic E-state index is -0.984. The van der Waals surface area contributed by atoms with E-state index in [2.05, 4.69) is 15.1 Å². The van der Waals surface area contributed by atoms with Gasteiger partial charge in [0.25, 0.3) is 0 Å². The van der Waals surface area contributed by atoms with Gasteiger partial charge in [-0.3, -0.25) is 9.48 Å². The Morgan fingerprint density at radius 2 is 2.19 bits per heavy atom. The number of carbonyl (C=O) groups excluding carboxylic acids is 1. The van der Waals surface area contributed by atoms with Crippen LogP contribution in [0.3, 0.4) is 0 Å². The standard InChI is InChI=1S/C18H21N5O3/c1-11-19-14-3-2-12(6-15(14)20-11)7-18(26)22-4-5-23-13(9-22)8-16(21-23)17(25)10-24/h2-3,6,8,17,24-25H,4-5,7,9-10H2,1H3,(H,19,20). The van der Waals surface area contributed by atoms with E-state index < -0.39 is 6.10 Å². The number of aryl methyl sites for hydroxylation is 1. The minimum Gasteiger partial charge on any atom is -0.393 e. The van der Waals surface area contributed by atoms with Gasteiger partial charge in [-0.25, -0.2) is 4.98 Å². The van der Waals surface area contributed by atoms with Crippen LogP contribution >= 0.6 is 0 Å².